The van der Waals surface area contributed by atoms with Gasteiger partial charge in [-0.15, -0.1) is 0 Å². The molecule has 0 atom stereocenters. The van der Waals surface area contributed by atoms with Gasteiger partial charge < -0.3 is 17.2 Å². The molecule has 0 unspecified atom stereocenters. The molecule has 2 aromatic rings. The van der Waals surface area contributed by atoms with Gasteiger partial charge in [0.2, 0.25) is 0 Å². The summed E-state index contributed by atoms with van der Waals surface area (Å²) >= 11 is 18.3. The molecule has 0 spiro atoms. The third kappa shape index (κ3) is 6.83. The maximum Gasteiger partial charge on any atom is 0.178 e. The summed E-state index contributed by atoms with van der Waals surface area (Å²) in [7, 11) is 0. The van der Waals surface area contributed by atoms with Crippen molar-refractivity contribution in [1.29, 1.82) is 0 Å². The Bertz CT molecular complexity index is 940. The zero-order valence-corrected chi connectivity index (χ0v) is 18.8. The number of rotatable bonds is 10. The van der Waals surface area contributed by atoms with E-state index in [1.807, 2.05) is 0 Å². The van der Waals surface area contributed by atoms with Gasteiger partial charge in [-0.2, -0.15) is 0 Å². The topological polar surface area (TPSA) is 107 Å². The zero-order valence-electron chi connectivity index (χ0n) is 16.5. The van der Waals surface area contributed by atoms with E-state index in [1.54, 1.807) is 42.5 Å². The Kier molecular flexibility index (Phi) is 9.82. The number of nitrogens with zero attached hydrogens (tertiary/aromatic N) is 1. The van der Waals surface area contributed by atoms with Gasteiger partial charge >= 0.3 is 0 Å². The second-order valence-electron chi connectivity index (χ2n) is 6.68. The molecule has 0 heterocycles. The number of unbranched alkanes of at least 4 members (excludes halogenated alkanes) is 2. The highest BCUT2D eigenvalue weighted by Crippen LogP contribution is 2.30. The van der Waals surface area contributed by atoms with E-state index >= 15 is 0 Å². The van der Waals surface area contributed by atoms with Crippen molar-refractivity contribution in [3.63, 3.8) is 0 Å². The van der Waals surface area contributed by atoms with E-state index in [4.69, 9.17) is 52.0 Å². The fourth-order valence-corrected chi connectivity index (χ4v) is 3.43. The minimum Gasteiger partial charge on any atom is -0.396 e. The van der Waals surface area contributed by atoms with E-state index in [1.165, 1.54) is 0 Å². The van der Waals surface area contributed by atoms with Crippen LogP contribution in [0.1, 0.15) is 31.2 Å². The quantitative estimate of drug-likeness (QED) is 0.259. The fourth-order valence-electron chi connectivity index (χ4n) is 2.85. The molecule has 0 saturated carbocycles. The Balaban J connectivity index is 2.51. The van der Waals surface area contributed by atoms with Crippen molar-refractivity contribution in [3.05, 3.63) is 74.4 Å². The van der Waals surface area contributed by atoms with Crippen molar-refractivity contribution in [1.82, 2.24) is 0 Å². The van der Waals surface area contributed by atoms with Gasteiger partial charge in [0, 0.05) is 34.1 Å². The van der Waals surface area contributed by atoms with Gasteiger partial charge in [-0.05, 0) is 49.7 Å². The standard InChI is InChI=1S/C22H25Cl3N4O/c23-15-7-5-14(6-8-15)22(29-19-10-9-16(24)12-18(19)25)17(13-27)21(28)20(30)4-2-1-3-11-26/h5-10,12H,1-4,11,13,26-28H2/b21-17-,29-22?. The van der Waals surface area contributed by atoms with E-state index in [0.29, 0.717) is 57.0 Å². The Morgan fingerprint density at radius 1 is 0.900 bits per heavy atom. The number of hydrogen-bond donors (Lipinski definition) is 3. The first-order valence-electron chi connectivity index (χ1n) is 9.59. The molecule has 0 amide bonds. The summed E-state index contributed by atoms with van der Waals surface area (Å²) < 4.78 is 0. The molecule has 0 saturated heterocycles. The van der Waals surface area contributed by atoms with E-state index in [9.17, 15) is 4.79 Å². The van der Waals surface area contributed by atoms with E-state index in [0.717, 1.165) is 12.8 Å². The molecule has 0 aliphatic heterocycles. The first-order valence-corrected chi connectivity index (χ1v) is 10.7. The van der Waals surface area contributed by atoms with Crippen molar-refractivity contribution in [2.24, 2.45) is 22.2 Å². The summed E-state index contributed by atoms with van der Waals surface area (Å²) in [6.45, 7) is 0.635. The van der Waals surface area contributed by atoms with Crippen molar-refractivity contribution < 1.29 is 4.79 Å². The highest BCUT2D eigenvalue weighted by molar-refractivity contribution is 6.36. The minimum absolute atomic E-state index is 0.0348. The normalized spacial score (nSPS) is 12.6. The number of carbonyl (C=O) groups is 1. The van der Waals surface area contributed by atoms with Crippen LogP contribution in [0.25, 0.3) is 0 Å². The van der Waals surface area contributed by atoms with Gasteiger partial charge in [0.25, 0.3) is 0 Å². The lowest BCUT2D eigenvalue weighted by Gasteiger charge is -2.14. The molecular formula is C22H25Cl3N4O. The summed E-state index contributed by atoms with van der Waals surface area (Å²) in [6, 6.07) is 12.0. The monoisotopic (exact) mass is 466 g/mol. The summed E-state index contributed by atoms with van der Waals surface area (Å²) in [6.07, 6.45) is 2.77. The summed E-state index contributed by atoms with van der Waals surface area (Å²) in [5.74, 6) is -0.170. The molecule has 2 rings (SSSR count). The van der Waals surface area contributed by atoms with Crippen LogP contribution in [0.2, 0.25) is 15.1 Å². The molecule has 30 heavy (non-hydrogen) atoms. The Morgan fingerprint density at radius 2 is 1.57 bits per heavy atom. The summed E-state index contributed by atoms with van der Waals surface area (Å²) in [5, 5.41) is 1.44. The SMILES string of the molecule is NCCCCCC(=O)/C(N)=C(\CN)C(=Nc1ccc(Cl)cc1Cl)c1ccc(Cl)cc1. The Hall–Kier alpha value is -1.89. The molecule has 0 aromatic heterocycles. The van der Waals surface area contributed by atoms with Crippen LogP contribution in [0.15, 0.2) is 58.7 Å². The molecule has 0 aliphatic carbocycles. The predicted octanol–water partition coefficient (Wildman–Crippen LogP) is 5.03. The van der Waals surface area contributed by atoms with Gasteiger partial charge in [0.1, 0.15) is 0 Å². The smallest absolute Gasteiger partial charge is 0.178 e. The number of Topliss-reactive ketones (excluding diaryl/α,β-unsaturated/α-hetero) is 1. The van der Waals surface area contributed by atoms with Crippen molar-refractivity contribution in [2.45, 2.75) is 25.7 Å². The zero-order chi connectivity index (χ0) is 22.1. The van der Waals surface area contributed by atoms with Crippen LogP contribution in [0.3, 0.4) is 0 Å². The lowest BCUT2D eigenvalue weighted by Crippen LogP contribution is -2.24. The van der Waals surface area contributed by atoms with Crippen LogP contribution >= 0.6 is 34.8 Å². The van der Waals surface area contributed by atoms with Crippen LogP contribution in [-0.2, 0) is 4.79 Å². The molecule has 0 bridgehead atoms. The number of aliphatic imine (C=N–C) groups is 1. The second-order valence-corrected chi connectivity index (χ2v) is 7.96. The Morgan fingerprint density at radius 3 is 2.17 bits per heavy atom. The van der Waals surface area contributed by atoms with Crippen molar-refractivity contribution in [2.75, 3.05) is 13.1 Å². The number of allylic oxidation sites excluding steroid dienone is 1. The molecule has 0 radical (unpaired) electrons. The van der Waals surface area contributed by atoms with Gasteiger partial charge in [0.15, 0.2) is 5.78 Å². The highest BCUT2D eigenvalue weighted by Gasteiger charge is 2.18. The lowest BCUT2D eigenvalue weighted by molar-refractivity contribution is -0.115. The second kappa shape index (κ2) is 12.1. The highest BCUT2D eigenvalue weighted by atomic mass is 35.5. The van der Waals surface area contributed by atoms with E-state index in [2.05, 4.69) is 4.99 Å². The summed E-state index contributed by atoms with van der Waals surface area (Å²) in [4.78, 5) is 17.4. The largest absolute Gasteiger partial charge is 0.396 e. The van der Waals surface area contributed by atoms with Crippen LogP contribution in [-0.4, -0.2) is 24.6 Å². The van der Waals surface area contributed by atoms with Crippen LogP contribution in [0, 0.1) is 0 Å². The molecular weight excluding hydrogens is 443 g/mol. The predicted molar refractivity (Wildman–Crippen MR) is 127 cm³/mol. The van der Waals surface area contributed by atoms with Crippen molar-refractivity contribution >= 4 is 52.0 Å². The number of halogens is 3. The average Bonchev–Trinajstić information content (AvgIpc) is 2.73. The first kappa shape index (κ1) is 24.4. The molecule has 8 heteroatoms. The molecule has 6 N–H and O–H groups in total. The van der Waals surface area contributed by atoms with Gasteiger partial charge in [0.05, 0.1) is 22.1 Å². The fraction of sp³-hybridized carbons (Fsp3) is 0.273. The third-order valence-electron chi connectivity index (χ3n) is 4.48. The molecule has 0 aliphatic rings. The molecule has 5 nitrogen and oxygen atoms in total. The molecule has 2 aromatic carbocycles. The average molecular weight is 468 g/mol. The number of ketones is 1. The van der Waals surface area contributed by atoms with Crippen LogP contribution < -0.4 is 17.2 Å². The first-order chi connectivity index (χ1) is 14.4. The minimum atomic E-state index is -0.170. The maximum absolute atomic E-state index is 12.7. The van der Waals surface area contributed by atoms with Gasteiger partial charge in [-0.1, -0.05) is 53.4 Å². The summed E-state index contributed by atoms with van der Waals surface area (Å²) in [5.41, 5.74) is 20.0. The number of hydrogen-bond acceptors (Lipinski definition) is 5. The van der Waals surface area contributed by atoms with E-state index in [-0.39, 0.29) is 18.0 Å². The number of benzene rings is 2. The number of carbonyl (C=O) groups excluding carboxylic acids is 1. The maximum atomic E-state index is 12.7. The van der Waals surface area contributed by atoms with E-state index < -0.39 is 0 Å². The van der Waals surface area contributed by atoms with Crippen LogP contribution in [0.4, 0.5) is 5.69 Å². The van der Waals surface area contributed by atoms with Gasteiger partial charge in [-0.3, -0.25) is 4.79 Å². The lowest BCUT2D eigenvalue weighted by atomic mass is 9.97. The van der Waals surface area contributed by atoms with Gasteiger partial charge in [-0.25, -0.2) is 4.99 Å². The van der Waals surface area contributed by atoms with Crippen molar-refractivity contribution in [3.8, 4) is 0 Å². The molecule has 0 fully saturated rings. The number of nitrogens with two attached hydrogens (primary N) is 3. The molecule has 160 valence electrons. The Labute approximate surface area is 191 Å². The van der Waals surface area contributed by atoms with Crippen LogP contribution in [0.5, 0.6) is 0 Å². The third-order valence-corrected chi connectivity index (χ3v) is 5.27.